The molecule has 102 valence electrons. The van der Waals surface area contributed by atoms with Crippen molar-refractivity contribution in [2.75, 3.05) is 19.8 Å². The number of pyridine rings is 1. The fourth-order valence-corrected chi connectivity index (χ4v) is 2.15. The van der Waals surface area contributed by atoms with Gasteiger partial charge in [-0.1, -0.05) is 5.92 Å². The fraction of sp³-hybridized carbons (Fsp3) is 0.385. The van der Waals surface area contributed by atoms with Gasteiger partial charge in [-0.15, -0.1) is 6.42 Å². The molecule has 0 fully saturated rings. The second kappa shape index (κ2) is 5.85. The Balaban J connectivity index is 3.34. The highest BCUT2D eigenvalue weighted by atomic mass is 32.2. The predicted octanol–water partition coefficient (Wildman–Crippen LogP) is 1.39. The van der Waals surface area contributed by atoms with Crippen molar-refractivity contribution in [2.45, 2.75) is 18.9 Å². The normalized spacial score (nSPS) is 11.5. The van der Waals surface area contributed by atoms with E-state index in [1.807, 2.05) is 18.9 Å². The van der Waals surface area contributed by atoms with Crippen molar-refractivity contribution in [1.82, 2.24) is 9.88 Å². The lowest BCUT2D eigenvalue weighted by atomic mass is 10.2. The first-order valence-electron chi connectivity index (χ1n) is 5.72. The van der Waals surface area contributed by atoms with Gasteiger partial charge in [0.05, 0.1) is 23.3 Å². The van der Waals surface area contributed by atoms with Crippen LogP contribution in [0.25, 0.3) is 0 Å². The molecule has 6 heteroatoms. The molecule has 0 spiro atoms. The molecule has 0 aliphatic heterocycles. The van der Waals surface area contributed by atoms with Gasteiger partial charge in [-0.3, -0.25) is 0 Å². The van der Waals surface area contributed by atoms with Crippen LogP contribution in [0.3, 0.4) is 0 Å². The largest absolute Gasteiger partial charge is 0.366 e. The van der Waals surface area contributed by atoms with E-state index in [1.54, 1.807) is 19.3 Å². The third-order valence-corrected chi connectivity index (χ3v) is 3.56. The molecule has 0 atom stereocenters. The van der Waals surface area contributed by atoms with Crippen molar-refractivity contribution in [1.29, 1.82) is 0 Å². The van der Waals surface area contributed by atoms with Crippen LogP contribution >= 0.6 is 0 Å². The van der Waals surface area contributed by atoms with Crippen molar-refractivity contribution in [2.24, 2.45) is 4.99 Å². The van der Waals surface area contributed by atoms with E-state index < -0.39 is 9.84 Å². The fourth-order valence-electron chi connectivity index (χ4n) is 1.33. The summed E-state index contributed by atoms with van der Waals surface area (Å²) in [6.45, 7) is 4.52. The second-order valence-electron chi connectivity index (χ2n) is 4.18. The third kappa shape index (κ3) is 3.80. The SMILES string of the molecule is C#Cc1cc(N=CN(C)CC)c(C)nc1S(C)(=O)=O. The molecular formula is C13H17N3O2S. The van der Waals surface area contributed by atoms with Gasteiger partial charge in [-0.2, -0.15) is 0 Å². The Labute approximate surface area is 114 Å². The van der Waals surface area contributed by atoms with Gasteiger partial charge in [-0.05, 0) is 19.9 Å². The summed E-state index contributed by atoms with van der Waals surface area (Å²) in [6.07, 6.45) is 8.08. The number of sulfone groups is 1. The summed E-state index contributed by atoms with van der Waals surface area (Å²) >= 11 is 0. The van der Waals surface area contributed by atoms with E-state index in [-0.39, 0.29) is 10.6 Å². The molecular weight excluding hydrogens is 262 g/mol. The lowest BCUT2D eigenvalue weighted by Crippen LogP contribution is -2.14. The Morgan fingerprint density at radius 1 is 1.58 bits per heavy atom. The zero-order valence-electron chi connectivity index (χ0n) is 11.5. The number of aromatic nitrogens is 1. The number of rotatable bonds is 4. The van der Waals surface area contributed by atoms with Crippen LogP contribution in [-0.2, 0) is 9.84 Å². The van der Waals surface area contributed by atoms with Gasteiger partial charge >= 0.3 is 0 Å². The molecule has 0 aliphatic carbocycles. The van der Waals surface area contributed by atoms with Crippen molar-refractivity contribution < 1.29 is 8.42 Å². The molecule has 0 amide bonds. The van der Waals surface area contributed by atoms with Crippen LogP contribution in [0.4, 0.5) is 5.69 Å². The summed E-state index contributed by atoms with van der Waals surface area (Å²) in [5.74, 6) is 2.34. The quantitative estimate of drug-likeness (QED) is 0.474. The minimum atomic E-state index is -3.44. The highest BCUT2D eigenvalue weighted by Gasteiger charge is 2.16. The molecule has 0 radical (unpaired) electrons. The van der Waals surface area contributed by atoms with Crippen LogP contribution in [0.2, 0.25) is 0 Å². The zero-order valence-corrected chi connectivity index (χ0v) is 12.3. The molecule has 1 rings (SSSR count). The summed E-state index contributed by atoms with van der Waals surface area (Å²) < 4.78 is 23.2. The maximum atomic E-state index is 11.6. The molecule has 0 saturated heterocycles. The summed E-state index contributed by atoms with van der Waals surface area (Å²) in [5, 5.41) is -0.0738. The van der Waals surface area contributed by atoms with E-state index in [1.165, 1.54) is 0 Å². The van der Waals surface area contributed by atoms with Crippen LogP contribution in [-0.4, -0.2) is 44.5 Å². The van der Waals surface area contributed by atoms with Crippen molar-refractivity contribution in [3.05, 3.63) is 17.3 Å². The maximum Gasteiger partial charge on any atom is 0.194 e. The van der Waals surface area contributed by atoms with Gasteiger partial charge in [0.15, 0.2) is 14.9 Å². The summed E-state index contributed by atoms with van der Waals surface area (Å²) in [6, 6.07) is 1.57. The molecule has 1 aromatic heterocycles. The second-order valence-corrected chi connectivity index (χ2v) is 6.11. The number of terminal acetylenes is 1. The molecule has 0 unspecified atom stereocenters. The molecule has 1 aromatic rings. The van der Waals surface area contributed by atoms with Crippen molar-refractivity contribution in [3.63, 3.8) is 0 Å². The minimum absolute atomic E-state index is 0.0738. The van der Waals surface area contributed by atoms with E-state index >= 15 is 0 Å². The standard InChI is InChI=1S/C13H17N3O2S/c1-6-11-8-12(14-9-16(4)7-2)10(3)15-13(11)19(5,17)18/h1,8-9H,7H2,2-5H3. The number of hydrogen-bond acceptors (Lipinski definition) is 4. The van der Waals surface area contributed by atoms with Crippen LogP contribution in [0, 0.1) is 19.3 Å². The topological polar surface area (TPSA) is 62.6 Å². The molecule has 0 N–H and O–H groups in total. The van der Waals surface area contributed by atoms with Gasteiger partial charge < -0.3 is 4.90 Å². The zero-order chi connectivity index (χ0) is 14.6. The van der Waals surface area contributed by atoms with Crippen LogP contribution in [0.1, 0.15) is 18.2 Å². The van der Waals surface area contributed by atoms with E-state index in [4.69, 9.17) is 6.42 Å². The lowest BCUT2D eigenvalue weighted by molar-refractivity contribution is 0.552. The monoisotopic (exact) mass is 279 g/mol. The summed E-state index contributed by atoms with van der Waals surface area (Å²) in [7, 11) is -1.55. The first kappa shape index (κ1) is 15.2. The highest BCUT2D eigenvalue weighted by molar-refractivity contribution is 7.90. The highest BCUT2D eigenvalue weighted by Crippen LogP contribution is 2.22. The van der Waals surface area contributed by atoms with Crippen molar-refractivity contribution in [3.8, 4) is 12.3 Å². The molecule has 0 bridgehead atoms. The molecule has 0 aliphatic rings. The van der Waals surface area contributed by atoms with E-state index in [0.29, 0.717) is 11.4 Å². The predicted molar refractivity (Wildman–Crippen MR) is 76.5 cm³/mol. The van der Waals surface area contributed by atoms with E-state index in [2.05, 4.69) is 15.9 Å². The minimum Gasteiger partial charge on any atom is -0.366 e. The Morgan fingerprint density at radius 2 is 2.21 bits per heavy atom. The number of nitrogens with zero attached hydrogens (tertiary/aromatic N) is 3. The molecule has 0 aromatic carbocycles. The molecule has 1 heterocycles. The maximum absolute atomic E-state index is 11.6. The van der Waals surface area contributed by atoms with E-state index in [0.717, 1.165) is 12.8 Å². The smallest absolute Gasteiger partial charge is 0.194 e. The van der Waals surface area contributed by atoms with Gasteiger partial charge in [0.1, 0.15) is 0 Å². The lowest BCUT2D eigenvalue weighted by Gasteiger charge is -2.10. The van der Waals surface area contributed by atoms with E-state index in [9.17, 15) is 8.42 Å². The average Bonchev–Trinajstić information content (AvgIpc) is 2.35. The van der Waals surface area contributed by atoms with Crippen LogP contribution < -0.4 is 0 Å². The molecule has 0 saturated carbocycles. The third-order valence-electron chi connectivity index (χ3n) is 2.55. The first-order chi connectivity index (χ1) is 8.79. The molecule has 19 heavy (non-hydrogen) atoms. The average molecular weight is 279 g/mol. The molecule has 5 nitrogen and oxygen atoms in total. The summed E-state index contributed by atoms with van der Waals surface area (Å²) in [4.78, 5) is 10.2. The number of hydrogen-bond donors (Lipinski definition) is 0. The van der Waals surface area contributed by atoms with Gasteiger partial charge in [0.2, 0.25) is 0 Å². The van der Waals surface area contributed by atoms with Crippen LogP contribution in [0.15, 0.2) is 16.1 Å². The van der Waals surface area contributed by atoms with Gasteiger partial charge in [-0.25, -0.2) is 18.4 Å². The van der Waals surface area contributed by atoms with Crippen LogP contribution in [0.5, 0.6) is 0 Å². The Bertz CT molecular complexity index is 643. The number of aryl methyl sites for hydroxylation is 1. The Kier molecular flexibility index (Phi) is 4.67. The van der Waals surface area contributed by atoms with Gasteiger partial charge in [0, 0.05) is 19.8 Å². The summed E-state index contributed by atoms with van der Waals surface area (Å²) in [5.41, 5.74) is 1.33. The number of aliphatic imine (C=N–C) groups is 1. The van der Waals surface area contributed by atoms with Gasteiger partial charge in [0.25, 0.3) is 0 Å². The Morgan fingerprint density at radius 3 is 2.68 bits per heavy atom. The first-order valence-corrected chi connectivity index (χ1v) is 7.61. The van der Waals surface area contributed by atoms with Crippen molar-refractivity contribution >= 4 is 21.9 Å². The Hall–Kier alpha value is -1.87.